The van der Waals surface area contributed by atoms with E-state index in [0.717, 1.165) is 25.8 Å². The molecule has 98 valence electrons. The van der Waals surface area contributed by atoms with Crippen LogP contribution in [0.3, 0.4) is 0 Å². The second-order valence-corrected chi connectivity index (χ2v) is 5.30. The molecule has 4 heteroatoms. The molecule has 1 unspecified atom stereocenters. The zero-order valence-electron chi connectivity index (χ0n) is 11.0. The van der Waals surface area contributed by atoms with Gasteiger partial charge in [0.05, 0.1) is 0 Å². The Labute approximate surface area is 108 Å². The number of hydrogen-bond donors (Lipinski definition) is 1. The van der Waals surface area contributed by atoms with Crippen molar-refractivity contribution in [1.82, 2.24) is 9.88 Å². The van der Waals surface area contributed by atoms with Gasteiger partial charge < -0.3 is 10.0 Å². The third-order valence-corrected chi connectivity index (χ3v) is 3.37. The molecular weight excluding hydrogens is 228 g/mol. The van der Waals surface area contributed by atoms with Gasteiger partial charge in [-0.3, -0.25) is 4.79 Å². The highest BCUT2D eigenvalue weighted by molar-refractivity contribution is 5.95. The monoisotopic (exact) mass is 248 g/mol. The molecule has 1 saturated heterocycles. The van der Waals surface area contributed by atoms with Crippen molar-refractivity contribution < 1.29 is 9.90 Å². The summed E-state index contributed by atoms with van der Waals surface area (Å²) >= 11 is 0. The molecule has 0 radical (unpaired) electrons. The lowest BCUT2D eigenvalue weighted by Crippen LogP contribution is -2.36. The lowest BCUT2D eigenvalue weighted by atomic mass is 10.0. The molecule has 4 nitrogen and oxygen atoms in total. The number of nitrogens with zero attached hydrogens (tertiary/aromatic N) is 2. The van der Waals surface area contributed by atoms with Gasteiger partial charge in [-0.25, -0.2) is 4.98 Å². The Morgan fingerprint density at radius 2 is 2.39 bits per heavy atom. The largest absolute Gasteiger partial charge is 0.505 e. The van der Waals surface area contributed by atoms with Gasteiger partial charge in [0.25, 0.3) is 5.91 Å². The number of pyridine rings is 1. The maximum Gasteiger partial charge on any atom is 0.276 e. The number of aromatic nitrogens is 1. The van der Waals surface area contributed by atoms with Gasteiger partial charge in [-0.2, -0.15) is 0 Å². The van der Waals surface area contributed by atoms with Crippen LogP contribution in [-0.2, 0) is 0 Å². The molecule has 1 amide bonds. The van der Waals surface area contributed by atoms with E-state index >= 15 is 0 Å². The van der Waals surface area contributed by atoms with Crippen LogP contribution in [0.1, 0.15) is 43.6 Å². The molecule has 0 spiro atoms. The van der Waals surface area contributed by atoms with Crippen LogP contribution < -0.4 is 0 Å². The fraction of sp³-hybridized carbons (Fsp3) is 0.571. The molecule has 1 N–H and O–H groups in total. The van der Waals surface area contributed by atoms with Crippen LogP contribution in [0.4, 0.5) is 0 Å². The minimum atomic E-state index is -0.142. The van der Waals surface area contributed by atoms with Crippen molar-refractivity contribution in [1.29, 1.82) is 0 Å². The van der Waals surface area contributed by atoms with Gasteiger partial charge in [0.2, 0.25) is 0 Å². The number of aromatic hydroxyl groups is 1. The first-order valence-corrected chi connectivity index (χ1v) is 6.54. The van der Waals surface area contributed by atoms with E-state index in [-0.39, 0.29) is 17.4 Å². The second-order valence-electron chi connectivity index (χ2n) is 5.30. The molecule has 0 saturated carbocycles. The smallest absolute Gasteiger partial charge is 0.276 e. The van der Waals surface area contributed by atoms with Gasteiger partial charge >= 0.3 is 0 Å². The van der Waals surface area contributed by atoms with Gasteiger partial charge in [-0.05, 0) is 37.3 Å². The summed E-state index contributed by atoms with van der Waals surface area (Å²) in [6.07, 6.45) is 4.65. The first-order valence-electron chi connectivity index (χ1n) is 6.54. The maximum atomic E-state index is 12.4. The summed E-state index contributed by atoms with van der Waals surface area (Å²) in [5.74, 6) is 0.398. The average Bonchev–Trinajstić information content (AvgIpc) is 2.76. The third-order valence-electron chi connectivity index (χ3n) is 3.37. The Balaban J connectivity index is 2.15. The number of amides is 1. The molecular formula is C14H20N2O2. The summed E-state index contributed by atoms with van der Waals surface area (Å²) in [6, 6.07) is 3.43. The summed E-state index contributed by atoms with van der Waals surface area (Å²) < 4.78 is 0. The van der Waals surface area contributed by atoms with Crippen molar-refractivity contribution in [2.24, 2.45) is 5.92 Å². The number of rotatable bonds is 3. The second kappa shape index (κ2) is 5.38. The van der Waals surface area contributed by atoms with Crippen LogP contribution in [0.2, 0.25) is 0 Å². The molecule has 2 heterocycles. The zero-order chi connectivity index (χ0) is 13.1. The van der Waals surface area contributed by atoms with E-state index in [1.54, 1.807) is 12.3 Å². The van der Waals surface area contributed by atoms with Gasteiger partial charge in [-0.1, -0.05) is 13.8 Å². The maximum absolute atomic E-state index is 12.4. The Bertz CT molecular complexity index is 432. The molecule has 0 aliphatic carbocycles. The molecule has 1 aromatic rings. The Kier molecular flexibility index (Phi) is 3.84. The van der Waals surface area contributed by atoms with E-state index in [0.29, 0.717) is 12.0 Å². The lowest BCUT2D eigenvalue weighted by molar-refractivity contribution is 0.0712. The van der Waals surface area contributed by atoms with E-state index in [2.05, 4.69) is 18.8 Å². The molecule has 2 rings (SSSR count). The van der Waals surface area contributed by atoms with Crippen LogP contribution in [0.5, 0.6) is 5.75 Å². The van der Waals surface area contributed by atoms with Crippen LogP contribution in [0.15, 0.2) is 18.3 Å². The normalized spacial score (nSPS) is 19.5. The lowest BCUT2D eigenvalue weighted by Gasteiger charge is -2.25. The molecule has 1 aliphatic heterocycles. The Morgan fingerprint density at radius 1 is 1.61 bits per heavy atom. The third kappa shape index (κ3) is 2.63. The van der Waals surface area contributed by atoms with E-state index in [4.69, 9.17) is 0 Å². The molecule has 18 heavy (non-hydrogen) atoms. The zero-order valence-corrected chi connectivity index (χ0v) is 11.0. The highest BCUT2D eigenvalue weighted by Gasteiger charge is 2.31. The van der Waals surface area contributed by atoms with E-state index in [1.807, 2.05) is 4.90 Å². The predicted octanol–water partition coefficient (Wildman–Crippen LogP) is 2.44. The first-order chi connectivity index (χ1) is 8.59. The molecule has 0 aromatic carbocycles. The van der Waals surface area contributed by atoms with Crippen molar-refractivity contribution >= 4 is 5.91 Å². The summed E-state index contributed by atoms with van der Waals surface area (Å²) in [4.78, 5) is 18.2. The van der Waals surface area contributed by atoms with E-state index in [1.165, 1.54) is 6.07 Å². The fourth-order valence-corrected chi connectivity index (χ4v) is 2.59. The summed E-state index contributed by atoms with van der Waals surface area (Å²) in [5, 5.41) is 9.70. The van der Waals surface area contributed by atoms with Crippen molar-refractivity contribution in [3.63, 3.8) is 0 Å². The summed E-state index contributed by atoms with van der Waals surface area (Å²) in [6.45, 7) is 5.10. The molecule has 1 aliphatic rings. The van der Waals surface area contributed by atoms with Gasteiger partial charge in [0.1, 0.15) is 5.75 Å². The number of carbonyl (C=O) groups excluding carboxylic acids is 1. The molecule has 1 atom stereocenters. The summed E-state index contributed by atoms with van der Waals surface area (Å²) in [7, 11) is 0. The molecule has 1 aromatic heterocycles. The van der Waals surface area contributed by atoms with Crippen LogP contribution in [0, 0.1) is 5.92 Å². The van der Waals surface area contributed by atoms with Gasteiger partial charge in [0.15, 0.2) is 5.69 Å². The van der Waals surface area contributed by atoms with Gasteiger partial charge in [0, 0.05) is 18.8 Å². The minimum Gasteiger partial charge on any atom is -0.505 e. The highest BCUT2D eigenvalue weighted by Crippen LogP contribution is 2.26. The van der Waals surface area contributed by atoms with Gasteiger partial charge in [-0.15, -0.1) is 0 Å². The highest BCUT2D eigenvalue weighted by atomic mass is 16.3. The van der Waals surface area contributed by atoms with Crippen molar-refractivity contribution in [2.45, 2.75) is 39.2 Å². The van der Waals surface area contributed by atoms with Crippen LogP contribution >= 0.6 is 0 Å². The Hall–Kier alpha value is -1.58. The number of likely N-dealkylation sites (tertiary alicyclic amines) is 1. The number of carbonyl (C=O) groups is 1. The van der Waals surface area contributed by atoms with E-state index < -0.39 is 0 Å². The van der Waals surface area contributed by atoms with Crippen molar-refractivity contribution in [2.75, 3.05) is 6.54 Å². The minimum absolute atomic E-state index is 0.0299. The van der Waals surface area contributed by atoms with Crippen LogP contribution in [-0.4, -0.2) is 33.5 Å². The topological polar surface area (TPSA) is 53.4 Å². The first kappa shape index (κ1) is 12.9. The van der Waals surface area contributed by atoms with Crippen molar-refractivity contribution in [3.05, 3.63) is 24.0 Å². The quantitative estimate of drug-likeness (QED) is 0.893. The van der Waals surface area contributed by atoms with Crippen molar-refractivity contribution in [3.8, 4) is 5.75 Å². The molecule has 1 fully saturated rings. The van der Waals surface area contributed by atoms with E-state index in [9.17, 15) is 9.90 Å². The standard InChI is InChI=1S/C14H20N2O2/c1-10(2)9-11-5-4-8-16(11)14(18)13-12(17)6-3-7-15-13/h3,6-7,10-11,17H,4-5,8-9H2,1-2H3. The predicted molar refractivity (Wildman–Crippen MR) is 69.4 cm³/mol. The number of hydrogen-bond acceptors (Lipinski definition) is 3. The average molecular weight is 248 g/mol. The van der Waals surface area contributed by atoms with Crippen LogP contribution in [0.25, 0.3) is 0 Å². The molecule has 0 bridgehead atoms. The fourth-order valence-electron chi connectivity index (χ4n) is 2.59. The Morgan fingerprint density at radius 3 is 3.06 bits per heavy atom. The SMILES string of the molecule is CC(C)CC1CCCN1C(=O)c1ncccc1O. The summed E-state index contributed by atoms with van der Waals surface area (Å²) in [5.41, 5.74) is 0.174.